The monoisotopic (exact) mass is 355 g/mol. The fourth-order valence-electron chi connectivity index (χ4n) is 3.35. The number of aromatic nitrogens is 1. The molecule has 1 aromatic carbocycles. The standard InChI is InChI=1S/C21H25NO4/c1-14(21(23)24)8-15-4-3-5-19(11-15)26-13-16-9-18(10-16)17-6-7-22-20(12-17)25-2/h3-7,11-12,14,16,18H,8-10,13H2,1-2H3,(H,23,24). The highest BCUT2D eigenvalue weighted by molar-refractivity contribution is 5.69. The number of pyridine rings is 1. The number of carboxylic acid groups (broad SMARTS) is 1. The summed E-state index contributed by atoms with van der Waals surface area (Å²) in [7, 11) is 1.63. The third kappa shape index (κ3) is 4.54. The van der Waals surface area contributed by atoms with E-state index < -0.39 is 11.9 Å². The molecule has 0 radical (unpaired) electrons. The van der Waals surface area contributed by atoms with Crippen LogP contribution >= 0.6 is 0 Å². The molecule has 0 amide bonds. The average Bonchev–Trinajstić information content (AvgIpc) is 2.61. The van der Waals surface area contributed by atoms with Crippen LogP contribution in [0.5, 0.6) is 11.6 Å². The molecule has 0 aliphatic heterocycles. The lowest BCUT2D eigenvalue weighted by molar-refractivity contribution is -0.141. The van der Waals surface area contributed by atoms with Gasteiger partial charge in [0.05, 0.1) is 19.6 Å². The number of methoxy groups -OCH3 is 1. The molecule has 1 unspecified atom stereocenters. The highest BCUT2D eigenvalue weighted by atomic mass is 16.5. The maximum absolute atomic E-state index is 11.0. The third-order valence-corrected chi connectivity index (χ3v) is 5.02. The number of nitrogens with zero attached hydrogens (tertiary/aromatic N) is 1. The van der Waals surface area contributed by atoms with E-state index in [1.165, 1.54) is 5.56 Å². The highest BCUT2D eigenvalue weighted by Crippen LogP contribution is 2.42. The highest BCUT2D eigenvalue weighted by Gasteiger charge is 2.31. The molecule has 1 aromatic heterocycles. The van der Waals surface area contributed by atoms with Gasteiger partial charge in [0.2, 0.25) is 5.88 Å². The Morgan fingerprint density at radius 2 is 2.12 bits per heavy atom. The van der Waals surface area contributed by atoms with Crippen molar-refractivity contribution in [1.82, 2.24) is 4.98 Å². The molecule has 1 N–H and O–H groups in total. The van der Waals surface area contributed by atoms with E-state index >= 15 is 0 Å². The average molecular weight is 355 g/mol. The van der Waals surface area contributed by atoms with Gasteiger partial charge in [0.25, 0.3) is 0 Å². The number of carboxylic acids is 1. The van der Waals surface area contributed by atoms with Gasteiger partial charge in [-0.25, -0.2) is 4.98 Å². The van der Waals surface area contributed by atoms with Crippen molar-refractivity contribution in [3.05, 3.63) is 53.7 Å². The second kappa shape index (κ2) is 8.21. The first-order valence-corrected chi connectivity index (χ1v) is 8.99. The Balaban J connectivity index is 1.48. The Morgan fingerprint density at radius 1 is 1.31 bits per heavy atom. The van der Waals surface area contributed by atoms with Crippen LogP contribution in [0, 0.1) is 11.8 Å². The summed E-state index contributed by atoms with van der Waals surface area (Å²) in [5.41, 5.74) is 2.27. The number of aliphatic carboxylic acids is 1. The minimum Gasteiger partial charge on any atom is -0.493 e. The Hall–Kier alpha value is -2.56. The second-order valence-corrected chi connectivity index (χ2v) is 7.07. The SMILES string of the molecule is COc1cc(C2CC(COc3cccc(CC(C)C(=O)O)c3)C2)ccn1. The van der Waals surface area contributed by atoms with Crippen molar-refractivity contribution in [2.24, 2.45) is 11.8 Å². The first-order valence-electron chi connectivity index (χ1n) is 8.99. The lowest BCUT2D eigenvalue weighted by Crippen LogP contribution is -2.27. The summed E-state index contributed by atoms with van der Waals surface area (Å²) in [6, 6.07) is 11.8. The number of carbonyl (C=O) groups is 1. The number of ether oxygens (including phenoxy) is 2. The van der Waals surface area contributed by atoms with Crippen molar-refractivity contribution >= 4 is 5.97 Å². The van der Waals surface area contributed by atoms with E-state index in [1.54, 1.807) is 20.2 Å². The molecule has 138 valence electrons. The van der Waals surface area contributed by atoms with Gasteiger partial charge in [-0.1, -0.05) is 19.1 Å². The van der Waals surface area contributed by atoms with E-state index in [0.29, 0.717) is 30.7 Å². The van der Waals surface area contributed by atoms with Crippen LogP contribution in [0.4, 0.5) is 0 Å². The minimum absolute atomic E-state index is 0.394. The van der Waals surface area contributed by atoms with E-state index in [0.717, 1.165) is 24.2 Å². The summed E-state index contributed by atoms with van der Waals surface area (Å²) < 4.78 is 11.1. The zero-order valence-corrected chi connectivity index (χ0v) is 15.2. The Bertz CT molecular complexity index is 755. The molecule has 0 spiro atoms. The normalized spacial score (nSPS) is 20.1. The summed E-state index contributed by atoms with van der Waals surface area (Å²) in [4.78, 5) is 15.1. The molecule has 0 bridgehead atoms. The van der Waals surface area contributed by atoms with Crippen LogP contribution in [0.25, 0.3) is 0 Å². The second-order valence-electron chi connectivity index (χ2n) is 7.07. The molecule has 26 heavy (non-hydrogen) atoms. The van der Waals surface area contributed by atoms with E-state index in [4.69, 9.17) is 14.6 Å². The molecule has 3 rings (SSSR count). The predicted octanol–water partition coefficient (Wildman–Crippen LogP) is 3.93. The molecule has 1 aliphatic rings. The molecule has 1 heterocycles. The van der Waals surface area contributed by atoms with Gasteiger partial charge in [-0.05, 0) is 60.4 Å². The molecule has 5 nitrogen and oxygen atoms in total. The fourth-order valence-corrected chi connectivity index (χ4v) is 3.35. The van der Waals surface area contributed by atoms with Crippen molar-refractivity contribution < 1.29 is 19.4 Å². The molecule has 5 heteroatoms. The Morgan fingerprint density at radius 3 is 2.85 bits per heavy atom. The van der Waals surface area contributed by atoms with E-state index in [2.05, 4.69) is 11.1 Å². The maximum Gasteiger partial charge on any atom is 0.306 e. The Labute approximate surface area is 154 Å². The van der Waals surface area contributed by atoms with Crippen molar-refractivity contribution in [3.8, 4) is 11.6 Å². The molecule has 0 saturated heterocycles. The fraction of sp³-hybridized carbons (Fsp3) is 0.429. The first kappa shape index (κ1) is 18.2. The van der Waals surface area contributed by atoms with Crippen LogP contribution < -0.4 is 9.47 Å². The van der Waals surface area contributed by atoms with Crippen LogP contribution in [0.2, 0.25) is 0 Å². The van der Waals surface area contributed by atoms with Gasteiger partial charge in [-0.2, -0.15) is 0 Å². The van der Waals surface area contributed by atoms with Gasteiger partial charge in [-0.15, -0.1) is 0 Å². The zero-order chi connectivity index (χ0) is 18.5. The topological polar surface area (TPSA) is 68.7 Å². The zero-order valence-electron chi connectivity index (χ0n) is 15.2. The van der Waals surface area contributed by atoms with Crippen LogP contribution in [-0.4, -0.2) is 29.8 Å². The van der Waals surface area contributed by atoms with Gasteiger partial charge in [0, 0.05) is 12.3 Å². The number of hydrogen-bond acceptors (Lipinski definition) is 4. The summed E-state index contributed by atoms with van der Waals surface area (Å²) in [5, 5.41) is 9.04. The van der Waals surface area contributed by atoms with Gasteiger partial charge in [0.1, 0.15) is 5.75 Å². The van der Waals surface area contributed by atoms with Crippen LogP contribution in [0.3, 0.4) is 0 Å². The van der Waals surface area contributed by atoms with E-state index in [1.807, 2.05) is 30.3 Å². The molecule has 1 aliphatic carbocycles. The minimum atomic E-state index is -0.774. The molecule has 1 atom stereocenters. The summed E-state index contributed by atoms with van der Waals surface area (Å²) in [6.07, 6.45) is 4.51. The molecule has 1 fully saturated rings. The number of rotatable bonds is 8. The third-order valence-electron chi connectivity index (χ3n) is 5.02. The summed E-state index contributed by atoms with van der Waals surface area (Å²) in [5.74, 6) is 1.40. The van der Waals surface area contributed by atoms with Gasteiger partial charge in [-0.3, -0.25) is 4.79 Å². The Kier molecular flexibility index (Phi) is 5.76. The summed E-state index contributed by atoms with van der Waals surface area (Å²) >= 11 is 0. The quantitative estimate of drug-likeness (QED) is 0.777. The number of benzene rings is 1. The van der Waals surface area contributed by atoms with E-state index in [-0.39, 0.29) is 0 Å². The largest absolute Gasteiger partial charge is 0.493 e. The summed E-state index contributed by atoms with van der Waals surface area (Å²) in [6.45, 7) is 2.41. The number of hydrogen-bond donors (Lipinski definition) is 1. The van der Waals surface area contributed by atoms with Crippen LogP contribution in [0.15, 0.2) is 42.6 Å². The molecular weight excluding hydrogens is 330 g/mol. The van der Waals surface area contributed by atoms with Crippen molar-refractivity contribution in [1.29, 1.82) is 0 Å². The van der Waals surface area contributed by atoms with Crippen molar-refractivity contribution in [2.75, 3.05) is 13.7 Å². The smallest absolute Gasteiger partial charge is 0.306 e. The predicted molar refractivity (Wildman–Crippen MR) is 98.7 cm³/mol. The van der Waals surface area contributed by atoms with Crippen molar-refractivity contribution in [2.45, 2.75) is 32.1 Å². The molecule has 1 saturated carbocycles. The first-order chi connectivity index (χ1) is 12.5. The van der Waals surface area contributed by atoms with Crippen LogP contribution in [-0.2, 0) is 11.2 Å². The van der Waals surface area contributed by atoms with Gasteiger partial charge < -0.3 is 14.6 Å². The van der Waals surface area contributed by atoms with Gasteiger partial charge >= 0.3 is 5.97 Å². The van der Waals surface area contributed by atoms with Gasteiger partial charge in [0.15, 0.2) is 0 Å². The maximum atomic E-state index is 11.0. The molecular formula is C21H25NO4. The molecule has 2 aromatic rings. The van der Waals surface area contributed by atoms with Crippen molar-refractivity contribution in [3.63, 3.8) is 0 Å². The lowest BCUT2D eigenvalue weighted by atomic mass is 9.72. The van der Waals surface area contributed by atoms with Crippen LogP contribution in [0.1, 0.15) is 36.8 Å². The lowest BCUT2D eigenvalue weighted by Gasteiger charge is -2.35. The van der Waals surface area contributed by atoms with E-state index in [9.17, 15) is 4.79 Å².